The molecule has 1 heterocycles. The molecular weight excluding hydrogens is 410 g/mol. The van der Waals surface area contributed by atoms with E-state index in [1.807, 2.05) is 13.0 Å². The molecule has 174 valence electrons. The number of carbonyl (C=O) groups is 3. The fourth-order valence-corrected chi connectivity index (χ4v) is 6.63. The number of aliphatic hydroxyl groups is 1. The van der Waals surface area contributed by atoms with Gasteiger partial charge in [-0.2, -0.15) is 0 Å². The summed E-state index contributed by atoms with van der Waals surface area (Å²) in [5.74, 6) is -0.397. The van der Waals surface area contributed by atoms with Crippen LogP contribution in [0.15, 0.2) is 28.8 Å². The minimum atomic E-state index is -1.17. The van der Waals surface area contributed by atoms with Gasteiger partial charge in [-0.25, -0.2) is 4.99 Å². The first-order valence-corrected chi connectivity index (χ1v) is 11.5. The van der Waals surface area contributed by atoms with Crippen molar-refractivity contribution in [1.82, 2.24) is 0 Å². The third-order valence-corrected chi connectivity index (χ3v) is 8.28. The molecule has 0 bridgehead atoms. The Labute approximate surface area is 188 Å². The molecule has 6 unspecified atom stereocenters. The number of hydrogen-bond acceptors (Lipinski definition) is 7. The maximum absolute atomic E-state index is 13.4. The Morgan fingerprint density at radius 3 is 2.81 bits per heavy atom. The Morgan fingerprint density at radius 2 is 2.09 bits per heavy atom. The maximum atomic E-state index is 13.4. The van der Waals surface area contributed by atoms with Crippen LogP contribution in [0.2, 0.25) is 0 Å². The maximum Gasteiger partial charge on any atom is 0.303 e. The van der Waals surface area contributed by atoms with Crippen LogP contribution in [-0.4, -0.2) is 52.9 Å². The average molecular weight is 444 g/mol. The fourth-order valence-electron chi connectivity index (χ4n) is 6.63. The molecule has 1 N–H and O–H groups in total. The Morgan fingerprint density at radius 1 is 1.34 bits per heavy atom. The van der Waals surface area contributed by atoms with Gasteiger partial charge in [0.25, 0.3) is 0 Å². The molecule has 0 amide bonds. The molecule has 1 aliphatic heterocycles. The minimum Gasteiger partial charge on any atom is -0.475 e. The summed E-state index contributed by atoms with van der Waals surface area (Å²) in [5, 5.41) is 11.5. The van der Waals surface area contributed by atoms with Crippen molar-refractivity contribution in [3.8, 4) is 0 Å². The zero-order valence-electron chi connectivity index (χ0n) is 19.3. The third-order valence-electron chi connectivity index (χ3n) is 8.28. The number of allylic oxidation sites excluding steroid dienone is 4. The average Bonchev–Trinajstić information content (AvgIpc) is 3.20. The zero-order chi connectivity index (χ0) is 23.3. The summed E-state index contributed by atoms with van der Waals surface area (Å²) in [6.45, 7) is 6.75. The molecule has 3 aliphatic carbocycles. The van der Waals surface area contributed by atoms with Gasteiger partial charge < -0.3 is 14.6 Å². The highest BCUT2D eigenvalue weighted by Crippen LogP contribution is 2.58. The van der Waals surface area contributed by atoms with Gasteiger partial charge >= 0.3 is 5.97 Å². The SMILES string of the molecule is CC(=O)OCC(=O)C12N=C(C)OC1CCC2(C)CC(O)C1CCCC2=CC(=O)C=CC21C. The van der Waals surface area contributed by atoms with Crippen molar-refractivity contribution >= 4 is 23.4 Å². The summed E-state index contributed by atoms with van der Waals surface area (Å²) in [4.78, 5) is 41.3. The predicted molar refractivity (Wildman–Crippen MR) is 118 cm³/mol. The lowest BCUT2D eigenvalue weighted by Crippen LogP contribution is -2.56. The van der Waals surface area contributed by atoms with E-state index in [0.29, 0.717) is 25.2 Å². The first kappa shape index (κ1) is 22.9. The first-order chi connectivity index (χ1) is 15.0. The number of aliphatic imine (C=N–C) groups is 1. The van der Waals surface area contributed by atoms with Crippen LogP contribution in [0.1, 0.15) is 66.2 Å². The highest BCUT2D eigenvalue weighted by Gasteiger charge is 2.67. The van der Waals surface area contributed by atoms with E-state index in [4.69, 9.17) is 14.5 Å². The van der Waals surface area contributed by atoms with Crippen molar-refractivity contribution in [1.29, 1.82) is 0 Å². The van der Waals surface area contributed by atoms with Crippen molar-refractivity contribution in [3.63, 3.8) is 0 Å². The number of fused-ring (bicyclic) bond motifs is 2. The number of aliphatic hydroxyl groups excluding tert-OH is 1. The summed E-state index contributed by atoms with van der Waals surface area (Å²) in [5.41, 5.74) is -1.10. The highest BCUT2D eigenvalue weighted by atomic mass is 16.5. The Balaban J connectivity index is 1.63. The number of hydrogen-bond donors (Lipinski definition) is 1. The molecule has 32 heavy (non-hydrogen) atoms. The van der Waals surface area contributed by atoms with Gasteiger partial charge in [0.1, 0.15) is 6.10 Å². The third kappa shape index (κ3) is 3.45. The number of esters is 1. The van der Waals surface area contributed by atoms with Crippen LogP contribution in [0.5, 0.6) is 0 Å². The molecule has 7 nitrogen and oxygen atoms in total. The van der Waals surface area contributed by atoms with E-state index < -0.39 is 29.1 Å². The quantitative estimate of drug-likeness (QED) is 0.633. The molecule has 4 rings (SSSR count). The van der Waals surface area contributed by atoms with Crippen molar-refractivity contribution in [2.45, 2.75) is 84.0 Å². The molecule has 4 aliphatic rings. The second kappa shape index (κ2) is 7.94. The van der Waals surface area contributed by atoms with Crippen LogP contribution in [0, 0.1) is 16.7 Å². The van der Waals surface area contributed by atoms with Gasteiger partial charge in [0.2, 0.25) is 5.78 Å². The highest BCUT2D eigenvalue weighted by molar-refractivity contribution is 6.01. The van der Waals surface area contributed by atoms with Gasteiger partial charge in [0.05, 0.1) is 6.10 Å². The van der Waals surface area contributed by atoms with E-state index in [0.717, 1.165) is 24.8 Å². The van der Waals surface area contributed by atoms with Gasteiger partial charge in [0, 0.05) is 24.7 Å². The smallest absolute Gasteiger partial charge is 0.303 e. The molecule has 0 aromatic heterocycles. The Kier molecular flexibility index (Phi) is 5.68. The van der Waals surface area contributed by atoms with Crippen LogP contribution < -0.4 is 0 Å². The standard InChI is InChI=1S/C25H33NO6/c1-15-26-25(21(30)14-31-16(2)27)22(32-15)9-10-23(25,3)13-20(29)19-7-5-6-17-12-18(28)8-11-24(17,19)4/h8,11-12,19-20,22,29H,5-7,9-10,13-14H2,1-4H3. The van der Waals surface area contributed by atoms with Crippen LogP contribution in [-0.2, 0) is 23.9 Å². The number of ether oxygens (including phenoxy) is 2. The van der Waals surface area contributed by atoms with Crippen LogP contribution in [0.4, 0.5) is 0 Å². The summed E-state index contributed by atoms with van der Waals surface area (Å²) in [6.07, 6.45) is 8.50. The van der Waals surface area contributed by atoms with Crippen molar-refractivity contribution in [2.75, 3.05) is 6.61 Å². The number of nitrogens with zero attached hydrogens (tertiary/aromatic N) is 1. The summed E-state index contributed by atoms with van der Waals surface area (Å²) < 4.78 is 10.9. The summed E-state index contributed by atoms with van der Waals surface area (Å²) in [6, 6.07) is 0. The molecule has 0 spiro atoms. The van der Waals surface area contributed by atoms with Gasteiger partial charge in [-0.15, -0.1) is 0 Å². The number of Topliss-reactive ketones (excluding diaryl/α,β-unsaturated/α-hetero) is 1. The van der Waals surface area contributed by atoms with Crippen LogP contribution in [0.25, 0.3) is 0 Å². The topological polar surface area (TPSA) is 102 Å². The molecular formula is C25H33NO6. The number of ketones is 2. The monoisotopic (exact) mass is 443 g/mol. The largest absolute Gasteiger partial charge is 0.475 e. The number of carbonyl (C=O) groups excluding carboxylic acids is 3. The van der Waals surface area contributed by atoms with E-state index in [1.54, 1.807) is 19.1 Å². The molecule has 2 saturated carbocycles. The van der Waals surface area contributed by atoms with Crippen molar-refractivity contribution in [2.24, 2.45) is 21.7 Å². The van der Waals surface area contributed by atoms with Gasteiger partial charge in [0.15, 0.2) is 23.8 Å². The summed E-state index contributed by atoms with van der Waals surface area (Å²) >= 11 is 0. The summed E-state index contributed by atoms with van der Waals surface area (Å²) in [7, 11) is 0. The Hall–Kier alpha value is -2.28. The molecule has 0 aromatic rings. The first-order valence-electron chi connectivity index (χ1n) is 11.5. The van der Waals surface area contributed by atoms with E-state index in [1.165, 1.54) is 6.92 Å². The van der Waals surface area contributed by atoms with Crippen LogP contribution in [0.3, 0.4) is 0 Å². The predicted octanol–water partition coefficient (Wildman–Crippen LogP) is 3.10. The van der Waals surface area contributed by atoms with E-state index >= 15 is 0 Å². The van der Waals surface area contributed by atoms with E-state index in [-0.39, 0.29) is 29.5 Å². The van der Waals surface area contributed by atoms with Gasteiger partial charge in [-0.3, -0.25) is 14.4 Å². The minimum absolute atomic E-state index is 0.00106. The molecule has 7 heteroatoms. The van der Waals surface area contributed by atoms with Gasteiger partial charge in [-0.05, 0) is 56.6 Å². The number of rotatable bonds is 6. The lowest BCUT2D eigenvalue weighted by atomic mass is 9.58. The second-order valence-corrected chi connectivity index (χ2v) is 10.3. The Bertz CT molecular complexity index is 935. The van der Waals surface area contributed by atoms with Crippen LogP contribution >= 0.6 is 0 Å². The molecule has 0 radical (unpaired) electrons. The molecule has 0 aromatic carbocycles. The molecule has 6 atom stereocenters. The van der Waals surface area contributed by atoms with Gasteiger partial charge in [-0.1, -0.05) is 25.5 Å². The molecule has 2 fully saturated rings. The normalized spacial score (nSPS) is 38.8. The zero-order valence-corrected chi connectivity index (χ0v) is 19.3. The van der Waals surface area contributed by atoms with E-state index in [2.05, 4.69) is 6.92 Å². The lowest BCUT2D eigenvalue weighted by Gasteiger charge is -2.48. The van der Waals surface area contributed by atoms with Crippen molar-refractivity contribution in [3.05, 3.63) is 23.8 Å². The second-order valence-electron chi connectivity index (χ2n) is 10.3. The lowest BCUT2D eigenvalue weighted by molar-refractivity contribution is -0.150. The molecule has 0 saturated heterocycles. The van der Waals surface area contributed by atoms with E-state index in [9.17, 15) is 19.5 Å². The van der Waals surface area contributed by atoms with Crippen molar-refractivity contribution < 1.29 is 29.0 Å². The fraction of sp³-hybridized carbons (Fsp3) is 0.680.